The third-order valence-corrected chi connectivity index (χ3v) is 4.25. The van der Waals surface area contributed by atoms with Gasteiger partial charge in [-0.25, -0.2) is 5.43 Å². The van der Waals surface area contributed by atoms with Gasteiger partial charge in [-0.1, -0.05) is 18.2 Å². The summed E-state index contributed by atoms with van der Waals surface area (Å²) in [6.07, 6.45) is 1.35. The van der Waals surface area contributed by atoms with Crippen molar-refractivity contribution in [2.24, 2.45) is 5.10 Å². The first kappa shape index (κ1) is 20.3. The number of carbonyl (C=O) groups is 1. The first-order valence-corrected chi connectivity index (χ1v) is 8.76. The van der Waals surface area contributed by atoms with Gasteiger partial charge in [-0.05, 0) is 42.8 Å². The van der Waals surface area contributed by atoms with Crippen LogP contribution in [0.4, 0.5) is 0 Å². The van der Waals surface area contributed by atoms with Gasteiger partial charge >= 0.3 is 0 Å². The summed E-state index contributed by atoms with van der Waals surface area (Å²) in [5, 5.41) is 27.0. The van der Waals surface area contributed by atoms with Crippen molar-refractivity contribution in [2.75, 3.05) is 7.11 Å². The number of phenols is 1. The lowest BCUT2D eigenvalue weighted by Crippen LogP contribution is -2.31. The molecule has 3 rings (SSSR count). The largest absolute Gasteiger partial charge is 0.504 e. The standard InChI is InChI=1S/C21H17N5O4/c1-13-16(11-22)21(29)26(15-6-4-3-5-7-15)25-19(13)20(28)24-23-12-14-8-9-17(27)18(10-14)30-2/h3-10,12,27H,1-2H3,(H,24,28)/b23-12+. The number of ether oxygens (including phenoxy) is 1. The minimum Gasteiger partial charge on any atom is -0.504 e. The predicted octanol–water partition coefficient (Wildman–Crippen LogP) is 1.89. The normalized spacial score (nSPS) is 10.6. The van der Waals surface area contributed by atoms with Gasteiger partial charge in [-0.2, -0.15) is 20.1 Å². The van der Waals surface area contributed by atoms with Crippen molar-refractivity contribution in [1.82, 2.24) is 15.2 Å². The van der Waals surface area contributed by atoms with E-state index in [9.17, 15) is 20.0 Å². The highest BCUT2D eigenvalue weighted by Gasteiger charge is 2.20. The number of aromatic hydroxyl groups is 1. The number of aromatic nitrogens is 2. The highest BCUT2D eigenvalue weighted by atomic mass is 16.5. The van der Waals surface area contributed by atoms with Crippen LogP contribution in [0.15, 0.2) is 58.4 Å². The van der Waals surface area contributed by atoms with Crippen molar-refractivity contribution in [3.63, 3.8) is 0 Å². The molecule has 1 aromatic heterocycles. The Kier molecular flexibility index (Phi) is 5.89. The van der Waals surface area contributed by atoms with Crippen LogP contribution < -0.4 is 15.7 Å². The van der Waals surface area contributed by atoms with E-state index in [1.807, 2.05) is 6.07 Å². The van der Waals surface area contributed by atoms with Gasteiger partial charge in [0.1, 0.15) is 11.6 Å². The molecule has 0 aliphatic carbocycles. The molecule has 0 aliphatic rings. The molecule has 0 atom stereocenters. The summed E-state index contributed by atoms with van der Waals surface area (Å²) in [5.74, 6) is -0.447. The molecule has 0 fully saturated rings. The molecule has 9 nitrogen and oxygen atoms in total. The molecule has 0 aliphatic heterocycles. The Morgan fingerprint density at radius 2 is 2.03 bits per heavy atom. The number of hydrogen-bond acceptors (Lipinski definition) is 7. The second-order valence-corrected chi connectivity index (χ2v) is 6.14. The number of phenolic OH excluding ortho intramolecular Hbond substituents is 1. The minimum absolute atomic E-state index is 0.0225. The van der Waals surface area contributed by atoms with E-state index < -0.39 is 11.5 Å². The Morgan fingerprint density at radius 3 is 2.70 bits per heavy atom. The monoisotopic (exact) mass is 403 g/mol. The Hall–Kier alpha value is -4.45. The summed E-state index contributed by atoms with van der Waals surface area (Å²) in [7, 11) is 1.42. The van der Waals surface area contributed by atoms with Crippen LogP contribution in [0, 0.1) is 18.3 Å². The van der Waals surface area contributed by atoms with E-state index >= 15 is 0 Å². The van der Waals surface area contributed by atoms with Crippen molar-refractivity contribution in [3.8, 4) is 23.3 Å². The van der Waals surface area contributed by atoms with Crippen LogP contribution in [-0.2, 0) is 0 Å². The van der Waals surface area contributed by atoms with E-state index in [-0.39, 0.29) is 28.3 Å². The molecule has 0 saturated carbocycles. The molecule has 9 heteroatoms. The summed E-state index contributed by atoms with van der Waals surface area (Å²) in [5.41, 5.74) is 2.60. The van der Waals surface area contributed by atoms with Gasteiger partial charge in [0.15, 0.2) is 17.2 Å². The third kappa shape index (κ3) is 4.02. The van der Waals surface area contributed by atoms with Gasteiger partial charge in [0.2, 0.25) is 0 Å². The SMILES string of the molecule is COc1cc(/C=N/NC(=O)c2nn(-c3ccccc3)c(=O)c(C#N)c2C)ccc1O. The first-order chi connectivity index (χ1) is 14.5. The average Bonchev–Trinajstić information content (AvgIpc) is 2.76. The molecule has 2 aromatic carbocycles. The van der Waals surface area contributed by atoms with Crippen molar-refractivity contribution >= 4 is 12.1 Å². The van der Waals surface area contributed by atoms with E-state index in [4.69, 9.17) is 4.74 Å². The maximum Gasteiger partial charge on any atom is 0.292 e. The summed E-state index contributed by atoms with van der Waals surface area (Å²) < 4.78 is 6.03. The number of benzene rings is 2. The average molecular weight is 403 g/mol. The summed E-state index contributed by atoms with van der Waals surface area (Å²) in [4.78, 5) is 25.2. The zero-order chi connectivity index (χ0) is 21.7. The topological polar surface area (TPSA) is 130 Å². The van der Waals surface area contributed by atoms with E-state index in [0.717, 1.165) is 4.68 Å². The zero-order valence-electron chi connectivity index (χ0n) is 16.2. The van der Waals surface area contributed by atoms with Crippen LogP contribution in [0.2, 0.25) is 0 Å². The van der Waals surface area contributed by atoms with Crippen molar-refractivity contribution in [2.45, 2.75) is 6.92 Å². The van der Waals surface area contributed by atoms with Gasteiger partial charge < -0.3 is 9.84 Å². The number of carbonyl (C=O) groups excluding carboxylic acids is 1. The van der Waals surface area contributed by atoms with Gasteiger partial charge in [-0.15, -0.1) is 0 Å². The highest BCUT2D eigenvalue weighted by Crippen LogP contribution is 2.25. The minimum atomic E-state index is -0.685. The molecule has 0 radical (unpaired) electrons. The van der Waals surface area contributed by atoms with Crippen molar-refractivity contribution in [3.05, 3.63) is 81.3 Å². The number of rotatable bonds is 5. The van der Waals surface area contributed by atoms with Crippen LogP contribution in [0.3, 0.4) is 0 Å². The smallest absolute Gasteiger partial charge is 0.292 e. The Morgan fingerprint density at radius 1 is 1.30 bits per heavy atom. The van der Waals surface area contributed by atoms with E-state index in [1.165, 1.54) is 32.4 Å². The van der Waals surface area contributed by atoms with Crippen LogP contribution in [-0.4, -0.2) is 34.1 Å². The molecule has 3 aromatic rings. The summed E-state index contributed by atoms with van der Waals surface area (Å²) in [6, 6.07) is 14.9. The fourth-order valence-electron chi connectivity index (χ4n) is 2.69. The number of nitriles is 1. The molecular formula is C21H17N5O4. The molecule has 1 heterocycles. The lowest BCUT2D eigenvalue weighted by molar-refractivity contribution is 0.0947. The second-order valence-electron chi connectivity index (χ2n) is 6.14. The highest BCUT2D eigenvalue weighted by molar-refractivity contribution is 5.94. The summed E-state index contributed by atoms with van der Waals surface area (Å²) in [6.45, 7) is 1.48. The second kappa shape index (κ2) is 8.70. The molecule has 0 saturated heterocycles. The molecule has 0 spiro atoms. The van der Waals surface area contributed by atoms with Gasteiger partial charge in [0, 0.05) is 5.56 Å². The zero-order valence-corrected chi connectivity index (χ0v) is 16.2. The number of hydrogen-bond donors (Lipinski definition) is 2. The van der Waals surface area contributed by atoms with Crippen LogP contribution in [0.1, 0.15) is 27.2 Å². The van der Waals surface area contributed by atoms with Crippen LogP contribution >= 0.6 is 0 Å². The van der Waals surface area contributed by atoms with E-state index in [1.54, 1.807) is 36.4 Å². The van der Waals surface area contributed by atoms with Crippen molar-refractivity contribution < 1.29 is 14.6 Å². The van der Waals surface area contributed by atoms with Gasteiger partial charge in [-0.3, -0.25) is 9.59 Å². The Labute approximate surface area is 171 Å². The van der Waals surface area contributed by atoms with Crippen LogP contribution in [0.5, 0.6) is 11.5 Å². The molecular weight excluding hydrogens is 386 g/mol. The molecule has 0 unspecified atom stereocenters. The molecule has 30 heavy (non-hydrogen) atoms. The Balaban J connectivity index is 1.92. The molecule has 2 N–H and O–H groups in total. The number of para-hydroxylation sites is 1. The lowest BCUT2D eigenvalue weighted by Gasteiger charge is -2.10. The third-order valence-electron chi connectivity index (χ3n) is 4.25. The molecule has 0 bridgehead atoms. The molecule has 150 valence electrons. The quantitative estimate of drug-likeness (QED) is 0.494. The number of nitrogens with one attached hydrogen (secondary N) is 1. The Bertz CT molecular complexity index is 1230. The predicted molar refractivity (Wildman–Crippen MR) is 109 cm³/mol. The van der Waals surface area contributed by atoms with Gasteiger partial charge in [0.05, 0.1) is 19.0 Å². The van der Waals surface area contributed by atoms with E-state index in [2.05, 4.69) is 15.6 Å². The number of methoxy groups -OCH3 is 1. The molecule has 1 amide bonds. The summed E-state index contributed by atoms with van der Waals surface area (Å²) >= 11 is 0. The maximum absolute atomic E-state index is 12.6. The van der Waals surface area contributed by atoms with Crippen molar-refractivity contribution in [1.29, 1.82) is 5.26 Å². The van der Waals surface area contributed by atoms with E-state index in [0.29, 0.717) is 11.3 Å². The van der Waals surface area contributed by atoms with Crippen LogP contribution in [0.25, 0.3) is 5.69 Å². The maximum atomic E-state index is 12.6. The fourth-order valence-corrected chi connectivity index (χ4v) is 2.69. The number of amides is 1. The van der Waals surface area contributed by atoms with Gasteiger partial charge in [0.25, 0.3) is 11.5 Å². The number of nitrogens with zero attached hydrogens (tertiary/aromatic N) is 4. The fraction of sp³-hybridized carbons (Fsp3) is 0.0952. The first-order valence-electron chi connectivity index (χ1n) is 8.76. The number of hydrazone groups is 1. The lowest BCUT2D eigenvalue weighted by atomic mass is 10.1.